The zero-order valence-corrected chi connectivity index (χ0v) is 15.3. The Bertz CT molecular complexity index is 874. The maximum absolute atomic E-state index is 11.6. The van der Waals surface area contributed by atoms with Gasteiger partial charge in [0.2, 0.25) is 0 Å². The Balaban J connectivity index is 1.51. The van der Waals surface area contributed by atoms with E-state index in [2.05, 4.69) is 24.3 Å². The van der Waals surface area contributed by atoms with Gasteiger partial charge in [-0.1, -0.05) is 84.9 Å². The van der Waals surface area contributed by atoms with E-state index in [1.807, 2.05) is 66.7 Å². The normalized spacial score (nSPS) is 13.4. The van der Waals surface area contributed by atoms with E-state index in [4.69, 9.17) is 4.74 Å². The zero-order valence-electron chi connectivity index (χ0n) is 15.3. The number of rotatable bonds is 6. The summed E-state index contributed by atoms with van der Waals surface area (Å²) in [6, 6.07) is 28.2. The van der Waals surface area contributed by atoms with Gasteiger partial charge in [0.05, 0.1) is 5.76 Å². The second kappa shape index (κ2) is 7.81. The maximum Gasteiger partial charge on any atom is 0.115 e. The molecule has 0 saturated heterocycles. The molecule has 1 aliphatic heterocycles. The predicted molar refractivity (Wildman–Crippen MR) is 109 cm³/mol. The number of hydrogen-bond acceptors (Lipinski definition) is 2. The van der Waals surface area contributed by atoms with Crippen molar-refractivity contribution < 1.29 is 9.84 Å². The van der Waals surface area contributed by atoms with E-state index >= 15 is 0 Å². The fourth-order valence-electron chi connectivity index (χ4n) is 3.74. The first-order chi connectivity index (χ1) is 13.3. The monoisotopic (exact) mass is 356 g/mol. The Hall–Kier alpha value is -2.84. The minimum atomic E-state index is -0.990. The molecule has 3 aromatic rings. The van der Waals surface area contributed by atoms with Gasteiger partial charge >= 0.3 is 0 Å². The van der Waals surface area contributed by atoms with Crippen molar-refractivity contribution in [2.75, 3.05) is 0 Å². The predicted octanol–water partition coefficient (Wildman–Crippen LogP) is 5.66. The van der Waals surface area contributed by atoms with Gasteiger partial charge in [-0.15, -0.1) is 0 Å². The summed E-state index contributed by atoms with van der Waals surface area (Å²) in [6.45, 7) is 0.629. The first kappa shape index (κ1) is 17.6. The van der Waals surface area contributed by atoms with Gasteiger partial charge in [0.1, 0.15) is 12.2 Å². The minimum Gasteiger partial charge on any atom is -0.493 e. The van der Waals surface area contributed by atoms with Crippen molar-refractivity contribution in [1.29, 1.82) is 0 Å². The summed E-state index contributed by atoms with van der Waals surface area (Å²) in [5, 5.41) is 11.6. The molecule has 2 nitrogen and oxygen atoms in total. The van der Waals surface area contributed by atoms with Crippen molar-refractivity contribution in [1.82, 2.24) is 0 Å². The number of aliphatic hydroxyl groups is 1. The van der Waals surface area contributed by atoms with Gasteiger partial charge in [-0.3, -0.25) is 0 Å². The highest BCUT2D eigenvalue weighted by atomic mass is 16.5. The van der Waals surface area contributed by atoms with Crippen LogP contribution < -0.4 is 0 Å². The van der Waals surface area contributed by atoms with Crippen molar-refractivity contribution in [2.45, 2.75) is 31.5 Å². The first-order valence-electron chi connectivity index (χ1n) is 9.50. The quantitative estimate of drug-likeness (QED) is 0.617. The van der Waals surface area contributed by atoms with E-state index in [1.165, 1.54) is 11.1 Å². The molecule has 0 atom stereocenters. The van der Waals surface area contributed by atoms with E-state index in [0.717, 1.165) is 29.7 Å². The number of allylic oxidation sites excluding steroid dienone is 1. The summed E-state index contributed by atoms with van der Waals surface area (Å²) in [5.74, 6) is 0.997. The highest BCUT2D eigenvalue weighted by molar-refractivity contribution is 5.57. The third-order valence-corrected chi connectivity index (χ3v) is 5.25. The van der Waals surface area contributed by atoms with E-state index in [0.29, 0.717) is 13.0 Å². The Morgan fingerprint density at radius 1 is 0.778 bits per heavy atom. The molecule has 0 saturated carbocycles. The van der Waals surface area contributed by atoms with Gasteiger partial charge in [-0.2, -0.15) is 0 Å². The molecule has 0 fully saturated rings. The highest BCUT2D eigenvalue weighted by Gasteiger charge is 2.30. The summed E-state index contributed by atoms with van der Waals surface area (Å²) >= 11 is 0. The lowest BCUT2D eigenvalue weighted by Gasteiger charge is -2.30. The van der Waals surface area contributed by atoms with Crippen LogP contribution in [-0.2, 0) is 16.9 Å². The van der Waals surface area contributed by atoms with Crippen molar-refractivity contribution in [2.24, 2.45) is 0 Å². The lowest BCUT2D eigenvalue weighted by Crippen LogP contribution is -2.27. The molecule has 4 rings (SSSR count). The van der Waals surface area contributed by atoms with Crippen LogP contribution in [0.15, 0.2) is 90.7 Å². The fraction of sp³-hybridized carbons (Fsp3) is 0.200. The van der Waals surface area contributed by atoms with Crippen LogP contribution >= 0.6 is 0 Å². The molecule has 0 bridgehead atoms. The van der Waals surface area contributed by atoms with Crippen molar-refractivity contribution in [3.05, 3.63) is 113 Å². The molecule has 1 heterocycles. The van der Waals surface area contributed by atoms with E-state index < -0.39 is 5.60 Å². The summed E-state index contributed by atoms with van der Waals surface area (Å²) in [4.78, 5) is 0. The van der Waals surface area contributed by atoms with Crippen LogP contribution in [0.3, 0.4) is 0 Å². The standard InChI is InChI=1S/C25H24O2/c26-25(22-12-3-1-4-13-22,23-14-5-2-6-15-23)17-9-16-24-18-20-10-7-8-11-21(20)19-27-24/h1-8,10-15,18,26H,9,16-17,19H2. The third-order valence-electron chi connectivity index (χ3n) is 5.25. The lowest BCUT2D eigenvalue weighted by molar-refractivity contribution is 0.0667. The van der Waals surface area contributed by atoms with Gasteiger partial charge in [-0.25, -0.2) is 0 Å². The second-order valence-corrected chi connectivity index (χ2v) is 7.04. The molecule has 0 spiro atoms. The average Bonchev–Trinajstić information content (AvgIpc) is 2.75. The Morgan fingerprint density at radius 2 is 1.37 bits per heavy atom. The van der Waals surface area contributed by atoms with E-state index in [9.17, 15) is 5.11 Å². The van der Waals surface area contributed by atoms with Crippen LogP contribution in [0.4, 0.5) is 0 Å². The van der Waals surface area contributed by atoms with Crippen molar-refractivity contribution in [3.8, 4) is 0 Å². The largest absolute Gasteiger partial charge is 0.493 e. The number of fused-ring (bicyclic) bond motifs is 1. The van der Waals surface area contributed by atoms with Crippen LogP contribution in [0, 0.1) is 0 Å². The van der Waals surface area contributed by atoms with Crippen LogP contribution in [0.25, 0.3) is 6.08 Å². The summed E-state index contributed by atoms with van der Waals surface area (Å²) in [6.07, 6.45) is 4.43. The second-order valence-electron chi connectivity index (χ2n) is 7.04. The summed E-state index contributed by atoms with van der Waals surface area (Å²) in [5.41, 5.74) is 3.34. The van der Waals surface area contributed by atoms with Gasteiger partial charge in [0, 0.05) is 6.42 Å². The topological polar surface area (TPSA) is 29.5 Å². The lowest BCUT2D eigenvalue weighted by atomic mass is 9.82. The molecule has 27 heavy (non-hydrogen) atoms. The molecular weight excluding hydrogens is 332 g/mol. The van der Waals surface area contributed by atoms with E-state index in [-0.39, 0.29) is 0 Å². The minimum absolute atomic E-state index is 0.629. The third kappa shape index (κ3) is 3.81. The molecular formula is C25H24O2. The van der Waals surface area contributed by atoms with Gasteiger partial charge < -0.3 is 9.84 Å². The number of ether oxygens (including phenoxy) is 1. The zero-order chi connectivity index (χ0) is 18.5. The van der Waals surface area contributed by atoms with Gasteiger partial charge in [0.25, 0.3) is 0 Å². The Labute approximate surface area is 160 Å². The fourth-order valence-corrected chi connectivity index (χ4v) is 3.74. The molecule has 0 radical (unpaired) electrons. The molecule has 1 aliphatic rings. The number of benzene rings is 3. The molecule has 1 N–H and O–H groups in total. The molecule has 0 amide bonds. The molecule has 0 unspecified atom stereocenters. The van der Waals surface area contributed by atoms with Crippen LogP contribution in [0.5, 0.6) is 0 Å². The molecule has 2 heteroatoms. The Kier molecular flexibility index (Phi) is 5.08. The average molecular weight is 356 g/mol. The Morgan fingerprint density at radius 3 is 2.04 bits per heavy atom. The van der Waals surface area contributed by atoms with Crippen LogP contribution in [0.1, 0.15) is 41.5 Å². The van der Waals surface area contributed by atoms with Gasteiger partial charge in [-0.05, 0) is 41.2 Å². The SMILES string of the molecule is OC(CCCC1=Cc2ccccc2CO1)(c1ccccc1)c1ccccc1. The molecule has 136 valence electrons. The molecule has 3 aromatic carbocycles. The number of hydrogen-bond donors (Lipinski definition) is 1. The smallest absolute Gasteiger partial charge is 0.115 e. The summed E-state index contributed by atoms with van der Waals surface area (Å²) in [7, 11) is 0. The molecule has 0 aliphatic carbocycles. The van der Waals surface area contributed by atoms with Crippen molar-refractivity contribution >= 4 is 6.08 Å². The summed E-state index contributed by atoms with van der Waals surface area (Å²) < 4.78 is 5.91. The van der Waals surface area contributed by atoms with E-state index in [1.54, 1.807) is 0 Å². The van der Waals surface area contributed by atoms with Crippen LogP contribution in [-0.4, -0.2) is 5.11 Å². The molecule has 0 aromatic heterocycles. The van der Waals surface area contributed by atoms with Crippen LogP contribution in [0.2, 0.25) is 0 Å². The maximum atomic E-state index is 11.6. The van der Waals surface area contributed by atoms with Crippen molar-refractivity contribution in [3.63, 3.8) is 0 Å². The van der Waals surface area contributed by atoms with Gasteiger partial charge in [0.15, 0.2) is 0 Å². The first-order valence-corrected chi connectivity index (χ1v) is 9.50. The highest BCUT2D eigenvalue weighted by Crippen LogP contribution is 2.35.